The molecule has 0 radical (unpaired) electrons. The molecule has 22 heavy (non-hydrogen) atoms. The van der Waals surface area contributed by atoms with Crippen LogP contribution < -0.4 is 5.32 Å². The Labute approximate surface area is 134 Å². The zero-order valence-electron chi connectivity index (χ0n) is 14.0. The van der Waals surface area contributed by atoms with Gasteiger partial charge in [0.1, 0.15) is 0 Å². The molecule has 0 heterocycles. The summed E-state index contributed by atoms with van der Waals surface area (Å²) in [5.74, 6) is 1.04. The van der Waals surface area contributed by atoms with Gasteiger partial charge in [-0.05, 0) is 42.9 Å². The molecule has 0 bridgehead atoms. The highest BCUT2D eigenvalue weighted by Crippen LogP contribution is 2.67. The molecule has 1 aliphatic rings. The molecule has 0 spiro atoms. The van der Waals surface area contributed by atoms with Crippen LogP contribution in [0.1, 0.15) is 36.5 Å². The van der Waals surface area contributed by atoms with Crippen LogP contribution in [0.4, 0.5) is 5.69 Å². The van der Waals surface area contributed by atoms with Crippen LogP contribution in [0, 0.1) is 25.2 Å². The van der Waals surface area contributed by atoms with Gasteiger partial charge in [0.15, 0.2) is 0 Å². The van der Waals surface area contributed by atoms with E-state index in [2.05, 4.69) is 88.1 Å². The second-order valence-electron chi connectivity index (χ2n) is 7.21. The summed E-state index contributed by atoms with van der Waals surface area (Å²) in [7, 11) is 0. The molecule has 114 valence electrons. The summed E-state index contributed by atoms with van der Waals surface area (Å²) in [4.78, 5) is 0. The first-order valence-corrected chi connectivity index (χ1v) is 7.98. The average molecular weight is 291 g/mol. The van der Waals surface area contributed by atoms with Crippen molar-refractivity contribution < 1.29 is 0 Å². The summed E-state index contributed by atoms with van der Waals surface area (Å²) < 4.78 is 0. The van der Waals surface area contributed by atoms with Crippen molar-refractivity contribution >= 4 is 5.69 Å². The van der Waals surface area contributed by atoms with Crippen LogP contribution in [0.5, 0.6) is 0 Å². The number of aryl methyl sites for hydroxylation is 2. The van der Waals surface area contributed by atoms with Crippen LogP contribution in [0.2, 0.25) is 0 Å². The molecular formula is C21H25N. The first kappa shape index (κ1) is 14.9. The second-order valence-corrected chi connectivity index (χ2v) is 7.21. The number of hydrogen-bond acceptors (Lipinski definition) is 1. The molecule has 1 fully saturated rings. The summed E-state index contributed by atoms with van der Waals surface area (Å²) in [6.45, 7) is 13.3. The Morgan fingerprint density at radius 2 is 1.68 bits per heavy atom. The smallest absolute Gasteiger partial charge is 0.0381 e. The van der Waals surface area contributed by atoms with Crippen molar-refractivity contribution in [3.8, 4) is 0 Å². The van der Waals surface area contributed by atoms with E-state index in [0.29, 0.717) is 11.8 Å². The fraction of sp³-hybridized carbons (Fsp3) is 0.333. The highest BCUT2D eigenvalue weighted by Gasteiger charge is 2.59. The van der Waals surface area contributed by atoms with Gasteiger partial charge in [0.05, 0.1) is 0 Å². The maximum atomic E-state index is 4.32. The Balaban J connectivity index is 1.77. The van der Waals surface area contributed by atoms with E-state index in [1.807, 2.05) is 0 Å². The van der Waals surface area contributed by atoms with Gasteiger partial charge in [0.2, 0.25) is 0 Å². The van der Waals surface area contributed by atoms with E-state index >= 15 is 0 Å². The van der Waals surface area contributed by atoms with Crippen LogP contribution >= 0.6 is 0 Å². The molecule has 1 nitrogen and oxygen atoms in total. The molecule has 2 atom stereocenters. The largest absolute Gasteiger partial charge is 0.359 e. The Morgan fingerprint density at radius 1 is 1.00 bits per heavy atom. The van der Waals surface area contributed by atoms with Crippen LogP contribution in [0.15, 0.2) is 60.8 Å². The molecule has 0 amide bonds. The Hall–Kier alpha value is -2.02. The van der Waals surface area contributed by atoms with Crippen molar-refractivity contribution in [2.24, 2.45) is 11.3 Å². The van der Waals surface area contributed by atoms with Crippen molar-refractivity contribution in [3.63, 3.8) is 0 Å². The lowest BCUT2D eigenvalue weighted by Gasteiger charge is -2.11. The maximum absolute atomic E-state index is 4.32. The third kappa shape index (κ3) is 2.68. The maximum Gasteiger partial charge on any atom is 0.0381 e. The van der Waals surface area contributed by atoms with Crippen LogP contribution in [-0.2, 0) is 0 Å². The van der Waals surface area contributed by atoms with Gasteiger partial charge in [0.25, 0.3) is 0 Å². The van der Waals surface area contributed by atoms with Gasteiger partial charge in [0, 0.05) is 17.3 Å². The lowest BCUT2D eigenvalue weighted by Crippen LogP contribution is -2.03. The standard InChI is InChI=1S/C21H25N/c1-14-9-11-18(12-10-14)22-16(3)19-20(21(19,4)5)17-8-6-7-15(2)13-17/h6-13,19-20,22H,3H2,1-2,4-5H3. The minimum atomic E-state index is 0.266. The van der Waals surface area contributed by atoms with Crippen molar-refractivity contribution in [2.45, 2.75) is 33.6 Å². The van der Waals surface area contributed by atoms with E-state index in [-0.39, 0.29) is 5.41 Å². The minimum absolute atomic E-state index is 0.266. The lowest BCUT2D eigenvalue weighted by atomic mass is 10.0. The third-order valence-electron chi connectivity index (χ3n) is 4.96. The summed E-state index contributed by atoms with van der Waals surface area (Å²) in [5, 5.41) is 3.51. The molecule has 1 heteroatoms. The molecule has 0 aliphatic heterocycles. The second kappa shape index (κ2) is 5.31. The van der Waals surface area contributed by atoms with Crippen molar-refractivity contribution in [2.75, 3.05) is 5.32 Å². The summed E-state index contributed by atoms with van der Waals surface area (Å²) in [6.07, 6.45) is 0. The van der Waals surface area contributed by atoms with Gasteiger partial charge in [-0.1, -0.05) is 68.0 Å². The van der Waals surface area contributed by atoms with E-state index < -0.39 is 0 Å². The number of rotatable bonds is 4. The highest BCUT2D eigenvalue weighted by atomic mass is 14.9. The van der Waals surface area contributed by atoms with Gasteiger partial charge >= 0.3 is 0 Å². The van der Waals surface area contributed by atoms with Crippen molar-refractivity contribution in [1.82, 2.24) is 0 Å². The van der Waals surface area contributed by atoms with Gasteiger partial charge in [-0.15, -0.1) is 0 Å². The van der Waals surface area contributed by atoms with E-state index in [1.54, 1.807) is 0 Å². The normalized spacial score (nSPS) is 22.2. The molecule has 1 N–H and O–H groups in total. The SMILES string of the molecule is C=C(Nc1ccc(C)cc1)C1C(c2cccc(C)c2)C1(C)C. The topological polar surface area (TPSA) is 12.0 Å². The molecule has 0 saturated heterocycles. The zero-order valence-corrected chi connectivity index (χ0v) is 14.0. The van der Waals surface area contributed by atoms with E-state index in [0.717, 1.165) is 11.4 Å². The number of hydrogen-bond donors (Lipinski definition) is 1. The van der Waals surface area contributed by atoms with Crippen LogP contribution in [-0.4, -0.2) is 0 Å². The Morgan fingerprint density at radius 3 is 2.32 bits per heavy atom. The van der Waals surface area contributed by atoms with E-state index in [1.165, 1.54) is 16.7 Å². The van der Waals surface area contributed by atoms with Crippen molar-refractivity contribution in [1.29, 1.82) is 0 Å². The predicted octanol–water partition coefficient (Wildman–Crippen LogP) is 5.67. The van der Waals surface area contributed by atoms with Gasteiger partial charge < -0.3 is 5.32 Å². The summed E-state index contributed by atoms with van der Waals surface area (Å²) in [5.41, 5.74) is 6.56. The average Bonchev–Trinajstić information content (AvgIpc) is 3.04. The molecular weight excluding hydrogens is 266 g/mol. The summed E-state index contributed by atoms with van der Waals surface area (Å²) >= 11 is 0. The third-order valence-corrected chi connectivity index (χ3v) is 4.96. The molecule has 1 saturated carbocycles. The quantitative estimate of drug-likeness (QED) is 0.765. The highest BCUT2D eigenvalue weighted by molar-refractivity contribution is 5.52. The Bertz CT molecular complexity index is 694. The zero-order chi connectivity index (χ0) is 15.9. The fourth-order valence-electron chi connectivity index (χ4n) is 3.67. The number of anilines is 1. The number of nitrogens with one attached hydrogen (secondary N) is 1. The van der Waals surface area contributed by atoms with Gasteiger partial charge in [-0.2, -0.15) is 0 Å². The van der Waals surface area contributed by atoms with Crippen LogP contribution in [0.25, 0.3) is 0 Å². The lowest BCUT2D eigenvalue weighted by molar-refractivity contribution is 0.585. The number of allylic oxidation sites excluding steroid dienone is 1. The van der Waals surface area contributed by atoms with E-state index in [4.69, 9.17) is 0 Å². The Kier molecular flexibility index (Phi) is 3.60. The molecule has 0 aromatic heterocycles. The fourth-order valence-corrected chi connectivity index (χ4v) is 3.67. The van der Waals surface area contributed by atoms with Gasteiger partial charge in [-0.25, -0.2) is 0 Å². The van der Waals surface area contributed by atoms with Gasteiger partial charge in [-0.3, -0.25) is 0 Å². The minimum Gasteiger partial charge on any atom is -0.359 e. The monoisotopic (exact) mass is 291 g/mol. The van der Waals surface area contributed by atoms with E-state index in [9.17, 15) is 0 Å². The molecule has 2 aromatic carbocycles. The first-order valence-electron chi connectivity index (χ1n) is 7.98. The number of benzene rings is 2. The predicted molar refractivity (Wildman–Crippen MR) is 95.1 cm³/mol. The van der Waals surface area contributed by atoms with Crippen molar-refractivity contribution in [3.05, 3.63) is 77.5 Å². The molecule has 1 aliphatic carbocycles. The molecule has 3 rings (SSSR count). The first-order chi connectivity index (χ1) is 10.4. The molecule has 2 aromatic rings. The summed E-state index contributed by atoms with van der Waals surface area (Å²) in [6, 6.07) is 17.4. The van der Waals surface area contributed by atoms with Crippen LogP contribution in [0.3, 0.4) is 0 Å². The molecule has 2 unspecified atom stereocenters.